The van der Waals surface area contributed by atoms with E-state index >= 15 is 0 Å². The number of para-hydroxylation sites is 1. The molecule has 2 aromatic rings. The lowest BCUT2D eigenvalue weighted by molar-refractivity contribution is 0.415. The fraction of sp³-hybridized carbons (Fsp3) is 0.0769. The Balaban J connectivity index is 0.000000171. The predicted molar refractivity (Wildman–Crippen MR) is 74.5 cm³/mol. The quantitative estimate of drug-likeness (QED) is 0.644. The Labute approximate surface area is 116 Å². The van der Waals surface area contributed by atoms with Crippen LogP contribution in [-0.2, 0) is 0 Å². The van der Waals surface area contributed by atoms with E-state index in [-0.39, 0.29) is 0 Å². The molecule has 0 aliphatic rings. The van der Waals surface area contributed by atoms with E-state index in [4.69, 9.17) is 39.5 Å². The summed E-state index contributed by atoms with van der Waals surface area (Å²) in [7, 11) is 1.66. The maximum Gasteiger partial charge on any atom is 0.118 e. The van der Waals surface area contributed by atoms with E-state index < -0.39 is 0 Å². The van der Waals surface area contributed by atoms with Crippen LogP contribution in [0.2, 0.25) is 15.1 Å². The van der Waals surface area contributed by atoms with Gasteiger partial charge in [-0.2, -0.15) is 0 Å². The van der Waals surface area contributed by atoms with Gasteiger partial charge in [0.05, 0.1) is 22.2 Å². The molecule has 0 amide bonds. The molecule has 0 spiro atoms. The lowest BCUT2D eigenvalue weighted by Crippen LogP contribution is -1.78. The van der Waals surface area contributed by atoms with Crippen molar-refractivity contribution in [3.8, 4) is 5.75 Å². The van der Waals surface area contributed by atoms with E-state index in [0.29, 0.717) is 15.1 Å². The molecule has 2 rings (SSSR count). The Morgan fingerprint density at radius 1 is 0.765 bits per heavy atom. The van der Waals surface area contributed by atoms with Gasteiger partial charge in [-0.05, 0) is 24.3 Å². The Hall–Kier alpha value is -0.890. The summed E-state index contributed by atoms with van der Waals surface area (Å²) in [6, 6.07) is 14.8. The lowest BCUT2D eigenvalue weighted by Gasteiger charge is -1.94. The number of methoxy groups -OCH3 is 1. The monoisotopic (exact) mass is 288 g/mol. The van der Waals surface area contributed by atoms with Crippen LogP contribution in [0.4, 0.5) is 0 Å². The summed E-state index contributed by atoms with van der Waals surface area (Å²) < 4.78 is 4.91. The third-order valence-corrected chi connectivity index (χ3v) is 3.11. The van der Waals surface area contributed by atoms with Crippen molar-refractivity contribution < 1.29 is 4.74 Å². The third-order valence-electron chi connectivity index (χ3n) is 1.88. The van der Waals surface area contributed by atoms with E-state index in [1.54, 1.807) is 25.3 Å². The zero-order valence-corrected chi connectivity index (χ0v) is 11.4. The third kappa shape index (κ3) is 4.86. The van der Waals surface area contributed by atoms with Crippen molar-refractivity contribution in [2.75, 3.05) is 7.11 Å². The Kier molecular flexibility index (Phi) is 6.20. The van der Waals surface area contributed by atoms with Gasteiger partial charge in [-0.1, -0.05) is 59.1 Å². The maximum atomic E-state index is 5.61. The minimum Gasteiger partial charge on any atom is -0.497 e. The first-order valence-corrected chi connectivity index (χ1v) is 5.97. The van der Waals surface area contributed by atoms with E-state index in [9.17, 15) is 0 Å². The molecule has 1 nitrogen and oxygen atoms in total. The second-order valence-electron chi connectivity index (χ2n) is 3.05. The highest BCUT2D eigenvalue weighted by Gasteiger charge is 1.98. The summed E-state index contributed by atoms with van der Waals surface area (Å²) in [5.74, 6) is 0.910. The van der Waals surface area contributed by atoms with Gasteiger partial charge in [0.2, 0.25) is 0 Å². The van der Waals surface area contributed by atoms with Gasteiger partial charge in [0.25, 0.3) is 0 Å². The fourth-order valence-corrected chi connectivity index (χ4v) is 1.56. The van der Waals surface area contributed by atoms with E-state index in [1.807, 2.05) is 30.3 Å². The van der Waals surface area contributed by atoms with Gasteiger partial charge >= 0.3 is 0 Å². The van der Waals surface area contributed by atoms with Crippen LogP contribution in [0.3, 0.4) is 0 Å². The first kappa shape index (κ1) is 14.2. The number of hydrogen-bond acceptors (Lipinski definition) is 1. The highest BCUT2D eigenvalue weighted by molar-refractivity contribution is 6.47. The van der Waals surface area contributed by atoms with E-state index in [1.165, 1.54) is 0 Å². The average Bonchev–Trinajstić information content (AvgIpc) is 2.37. The standard InChI is InChI=1S/C7H8O.C6H3Cl3/c1-8-7-5-3-2-4-6-7;7-4-2-1-3-5(8)6(4)9/h2-6H,1H3;1-3H. The molecule has 0 aliphatic carbocycles. The Morgan fingerprint density at radius 2 is 1.29 bits per heavy atom. The van der Waals surface area contributed by atoms with Crippen LogP contribution in [0.5, 0.6) is 5.75 Å². The molecule has 0 heterocycles. The van der Waals surface area contributed by atoms with Crippen molar-refractivity contribution in [3.63, 3.8) is 0 Å². The Bertz CT molecular complexity index is 437. The van der Waals surface area contributed by atoms with Crippen molar-refractivity contribution in [3.05, 3.63) is 63.6 Å². The van der Waals surface area contributed by atoms with E-state index in [0.717, 1.165) is 5.75 Å². The first-order valence-electron chi connectivity index (χ1n) is 4.83. The van der Waals surface area contributed by atoms with Crippen LogP contribution in [0.1, 0.15) is 0 Å². The molecular formula is C13H11Cl3O. The van der Waals surface area contributed by atoms with Crippen LogP contribution in [0.15, 0.2) is 48.5 Å². The molecule has 0 N–H and O–H groups in total. The van der Waals surface area contributed by atoms with Gasteiger partial charge < -0.3 is 4.74 Å². The Morgan fingerprint density at radius 3 is 1.65 bits per heavy atom. The summed E-state index contributed by atoms with van der Waals surface area (Å²) >= 11 is 16.8. The normalized spacial score (nSPS) is 9.18. The zero-order chi connectivity index (χ0) is 12.7. The second kappa shape index (κ2) is 7.44. The lowest BCUT2D eigenvalue weighted by atomic mass is 10.3. The molecule has 2 aromatic carbocycles. The topological polar surface area (TPSA) is 9.23 Å². The summed E-state index contributed by atoms with van der Waals surface area (Å²) in [5.41, 5.74) is 0. The molecule has 0 saturated carbocycles. The predicted octanol–water partition coefficient (Wildman–Crippen LogP) is 5.34. The van der Waals surface area contributed by atoms with Crippen molar-refractivity contribution in [2.24, 2.45) is 0 Å². The largest absolute Gasteiger partial charge is 0.497 e. The van der Waals surface area contributed by atoms with Gasteiger partial charge in [0.1, 0.15) is 5.75 Å². The van der Waals surface area contributed by atoms with Gasteiger partial charge in [-0.3, -0.25) is 0 Å². The molecule has 0 atom stereocenters. The summed E-state index contributed by atoms with van der Waals surface area (Å²) in [5, 5.41) is 1.40. The molecule has 17 heavy (non-hydrogen) atoms. The van der Waals surface area contributed by atoms with Crippen LogP contribution in [0, 0.1) is 0 Å². The number of halogens is 3. The molecule has 90 valence electrons. The maximum absolute atomic E-state index is 5.61. The summed E-state index contributed by atoms with van der Waals surface area (Å²) in [4.78, 5) is 0. The van der Waals surface area contributed by atoms with Crippen molar-refractivity contribution >= 4 is 34.8 Å². The average molecular weight is 290 g/mol. The van der Waals surface area contributed by atoms with Crippen molar-refractivity contribution in [2.45, 2.75) is 0 Å². The molecule has 0 aromatic heterocycles. The highest BCUT2D eigenvalue weighted by Crippen LogP contribution is 2.28. The van der Waals surface area contributed by atoms with Gasteiger partial charge in [0.15, 0.2) is 0 Å². The molecule has 0 radical (unpaired) electrons. The molecule has 0 aliphatic heterocycles. The van der Waals surface area contributed by atoms with Gasteiger partial charge in [-0.15, -0.1) is 0 Å². The van der Waals surface area contributed by atoms with Crippen LogP contribution in [0.25, 0.3) is 0 Å². The fourth-order valence-electron chi connectivity index (χ4n) is 1.03. The summed E-state index contributed by atoms with van der Waals surface area (Å²) in [6.45, 7) is 0. The number of hydrogen-bond donors (Lipinski definition) is 0. The second-order valence-corrected chi connectivity index (χ2v) is 4.25. The number of benzene rings is 2. The van der Waals surface area contributed by atoms with Crippen molar-refractivity contribution in [1.82, 2.24) is 0 Å². The molecule has 0 bridgehead atoms. The molecule has 0 fully saturated rings. The minimum atomic E-state index is 0.417. The van der Waals surface area contributed by atoms with Gasteiger partial charge in [-0.25, -0.2) is 0 Å². The molecule has 0 unspecified atom stereocenters. The zero-order valence-electron chi connectivity index (χ0n) is 9.16. The van der Waals surface area contributed by atoms with E-state index in [2.05, 4.69) is 0 Å². The van der Waals surface area contributed by atoms with Crippen molar-refractivity contribution in [1.29, 1.82) is 0 Å². The number of ether oxygens (including phenoxy) is 1. The van der Waals surface area contributed by atoms with Crippen LogP contribution < -0.4 is 4.74 Å². The molecule has 0 saturated heterocycles. The van der Waals surface area contributed by atoms with Gasteiger partial charge in [0, 0.05) is 0 Å². The summed E-state index contributed by atoms with van der Waals surface area (Å²) in [6.07, 6.45) is 0. The first-order chi connectivity index (χ1) is 8.15. The van der Waals surface area contributed by atoms with Crippen LogP contribution in [-0.4, -0.2) is 7.11 Å². The SMILES string of the molecule is COc1ccccc1.Clc1cccc(Cl)c1Cl. The van der Waals surface area contributed by atoms with Crippen LogP contribution >= 0.6 is 34.8 Å². The molecular weight excluding hydrogens is 279 g/mol. The minimum absolute atomic E-state index is 0.417. The molecule has 4 heteroatoms. The smallest absolute Gasteiger partial charge is 0.118 e. The number of rotatable bonds is 1. The highest BCUT2D eigenvalue weighted by atomic mass is 35.5.